The van der Waals surface area contributed by atoms with Gasteiger partial charge in [0.1, 0.15) is 5.82 Å². The van der Waals surface area contributed by atoms with Gasteiger partial charge in [-0.2, -0.15) is 0 Å². The Labute approximate surface area is 146 Å². The van der Waals surface area contributed by atoms with Crippen LogP contribution in [0.25, 0.3) is 22.8 Å². The molecule has 4 heterocycles. The topological polar surface area (TPSA) is 75.6 Å². The van der Waals surface area contributed by atoms with E-state index < -0.39 is 0 Å². The highest BCUT2D eigenvalue weighted by atomic mass is 15.1. The molecule has 0 aliphatic carbocycles. The van der Waals surface area contributed by atoms with Crippen molar-refractivity contribution in [3.8, 4) is 22.8 Å². The second-order valence-electron chi connectivity index (χ2n) is 6.08. The van der Waals surface area contributed by atoms with Crippen LogP contribution in [-0.2, 0) is 0 Å². The van der Waals surface area contributed by atoms with Crippen molar-refractivity contribution in [2.24, 2.45) is 0 Å². The highest BCUT2D eigenvalue weighted by molar-refractivity contribution is 5.65. The number of hydrogen-bond acceptors (Lipinski definition) is 6. The molecule has 0 radical (unpaired) electrons. The Morgan fingerprint density at radius 2 is 1.76 bits per heavy atom. The molecule has 0 spiro atoms. The van der Waals surface area contributed by atoms with Crippen LogP contribution in [0.5, 0.6) is 0 Å². The van der Waals surface area contributed by atoms with Gasteiger partial charge in [-0.1, -0.05) is 6.07 Å². The minimum Gasteiger partial charge on any atom is -0.367 e. The summed E-state index contributed by atoms with van der Waals surface area (Å²) in [7, 11) is 0. The van der Waals surface area contributed by atoms with Gasteiger partial charge in [0.2, 0.25) is 0 Å². The summed E-state index contributed by atoms with van der Waals surface area (Å²) >= 11 is 0. The molecule has 1 aliphatic rings. The maximum Gasteiger partial charge on any atom is 0.162 e. The van der Waals surface area contributed by atoms with Crippen molar-refractivity contribution in [1.29, 1.82) is 0 Å². The van der Waals surface area contributed by atoms with Gasteiger partial charge < -0.3 is 10.6 Å². The molecule has 1 saturated heterocycles. The van der Waals surface area contributed by atoms with E-state index in [-0.39, 0.29) is 0 Å². The van der Waals surface area contributed by atoms with Crippen molar-refractivity contribution in [3.63, 3.8) is 0 Å². The Morgan fingerprint density at radius 1 is 0.920 bits per heavy atom. The van der Waals surface area contributed by atoms with E-state index >= 15 is 0 Å². The summed E-state index contributed by atoms with van der Waals surface area (Å²) < 4.78 is 0. The first kappa shape index (κ1) is 15.7. The Bertz CT molecular complexity index is 758. The molecule has 0 saturated carbocycles. The van der Waals surface area contributed by atoms with Crippen LogP contribution in [-0.4, -0.2) is 39.1 Å². The van der Waals surface area contributed by atoms with Gasteiger partial charge in [-0.25, -0.2) is 9.97 Å². The number of aromatic nitrogens is 4. The smallest absolute Gasteiger partial charge is 0.162 e. The third kappa shape index (κ3) is 3.80. The lowest BCUT2D eigenvalue weighted by Crippen LogP contribution is -2.35. The number of hydrogen-bond donors (Lipinski definition) is 2. The van der Waals surface area contributed by atoms with Gasteiger partial charge in [0.25, 0.3) is 0 Å². The molecule has 0 atom stereocenters. The highest BCUT2D eigenvalue weighted by Crippen LogP contribution is 2.24. The molecule has 1 fully saturated rings. The molecule has 2 N–H and O–H groups in total. The van der Waals surface area contributed by atoms with E-state index in [4.69, 9.17) is 9.97 Å². The predicted molar refractivity (Wildman–Crippen MR) is 98.0 cm³/mol. The summed E-state index contributed by atoms with van der Waals surface area (Å²) in [6.07, 6.45) is 7.47. The maximum absolute atomic E-state index is 4.73. The summed E-state index contributed by atoms with van der Waals surface area (Å²) in [5, 5.41) is 6.95. The normalized spacial score (nSPS) is 15.0. The fourth-order valence-corrected chi connectivity index (χ4v) is 2.97. The lowest BCUT2D eigenvalue weighted by Gasteiger charge is -2.24. The van der Waals surface area contributed by atoms with Crippen LogP contribution in [0.15, 0.2) is 55.0 Å². The van der Waals surface area contributed by atoms with Crippen LogP contribution >= 0.6 is 0 Å². The molecule has 3 aromatic rings. The summed E-state index contributed by atoms with van der Waals surface area (Å²) in [4.78, 5) is 17.9. The van der Waals surface area contributed by atoms with E-state index in [1.165, 1.54) is 0 Å². The monoisotopic (exact) mass is 332 g/mol. The first-order valence-corrected chi connectivity index (χ1v) is 8.56. The quantitative estimate of drug-likeness (QED) is 0.765. The number of piperidine rings is 1. The average Bonchev–Trinajstić information content (AvgIpc) is 2.70. The Balaban J connectivity index is 1.72. The third-order valence-corrected chi connectivity index (χ3v) is 4.28. The zero-order valence-corrected chi connectivity index (χ0v) is 13.9. The Morgan fingerprint density at radius 3 is 2.52 bits per heavy atom. The van der Waals surface area contributed by atoms with E-state index in [1.54, 1.807) is 18.6 Å². The average molecular weight is 332 g/mol. The Kier molecular flexibility index (Phi) is 4.61. The first-order chi connectivity index (χ1) is 12.4. The minimum atomic E-state index is 0.429. The van der Waals surface area contributed by atoms with Gasteiger partial charge in [-0.05, 0) is 50.2 Å². The van der Waals surface area contributed by atoms with E-state index in [1.807, 2.05) is 36.4 Å². The fraction of sp³-hybridized carbons (Fsp3) is 0.263. The zero-order chi connectivity index (χ0) is 16.9. The van der Waals surface area contributed by atoms with E-state index in [2.05, 4.69) is 20.6 Å². The number of rotatable bonds is 4. The van der Waals surface area contributed by atoms with Crippen molar-refractivity contribution >= 4 is 5.82 Å². The van der Waals surface area contributed by atoms with Gasteiger partial charge in [0.15, 0.2) is 5.82 Å². The van der Waals surface area contributed by atoms with Gasteiger partial charge in [0.05, 0.1) is 11.4 Å². The third-order valence-electron chi connectivity index (χ3n) is 4.28. The van der Waals surface area contributed by atoms with Crippen molar-refractivity contribution in [2.45, 2.75) is 18.9 Å². The molecule has 0 aromatic carbocycles. The number of nitrogens with one attached hydrogen (secondary N) is 2. The molecule has 4 rings (SSSR count). The molecular weight excluding hydrogens is 312 g/mol. The second kappa shape index (κ2) is 7.36. The lowest BCUT2D eigenvalue weighted by molar-refractivity contribution is 0.478. The van der Waals surface area contributed by atoms with Crippen LogP contribution in [0.1, 0.15) is 12.8 Å². The van der Waals surface area contributed by atoms with E-state index in [0.29, 0.717) is 11.9 Å². The van der Waals surface area contributed by atoms with Gasteiger partial charge in [-0.15, -0.1) is 0 Å². The summed E-state index contributed by atoms with van der Waals surface area (Å²) in [5.41, 5.74) is 2.61. The Hall–Kier alpha value is -2.86. The molecule has 6 heteroatoms. The highest BCUT2D eigenvalue weighted by Gasteiger charge is 2.15. The van der Waals surface area contributed by atoms with Crippen molar-refractivity contribution in [2.75, 3.05) is 18.4 Å². The van der Waals surface area contributed by atoms with Crippen molar-refractivity contribution in [1.82, 2.24) is 25.3 Å². The molecule has 126 valence electrons. The van der Waals surface area contributed by atoms with Crippen LogP contribution in [0.4, 0.5) is 5.82 Å². The SMILES string of the molecule is c1ccc(-c2cc(NC3CCNCC3)nc(-c3ccncc3)n2)nc1. The first-order valence-electron chi connectivity index (χ1n) is 8.56. The lowest BCUT2D eigenvalue weighted by atomic mass is 10.1. The standard InChI is InChI=1S/C19H20N6/c1-2-8-22-16(3-1)17-13-18(23-15-6-11-21-12-7-15)25-19(24-17)14-4-9-20-10-5-14/h1-5,8-10,13,15,21H,6-7,11-12H2,(H,23,24,25). The molecule has 3 aromatic heterocycles. The predicted octanol–water partition coefficient (Wildman–Crippen LogP) is 2.76. The largest absolute Gasteiger partial charge is 0.367 e. The zero-order valence-electron chi connectivity index (χ0n) is 13.9. The molecule has 6 nitrogen and oxygen atoms in total. The van der Waals surface area contributed by atoms with Gasteiger partial charge in [0, 0.05) is 36.3 Å². The van der Waals surface area contributed by atoms with Crippen LogP contribution in [0.3, 0.4) is 0 Å². The van der Waals surface area contributed by atoms with Crippen LogP contribution in [0.2, 0.25) is 0 Å². The summed E-state index contributed by atoms with van der Waals surface area (Å²) in [6.45, 7) is 2.07. The molecule has 25 heavy (non-hydrogen) atoms. The summed E-state index contributed by atoms with van der Waals surface area (Å²) in [5.74, 6) is 1.52. The molecule has 1 aliphatic heterocycles. The molecule has 0 unspecified atom stereocenters. The van der Waals surface area contributed by atoms with Gasteiger partial charge in [-0.3, -0.25) is 9.97 Å². The molecule has 0 amide bonds. The van der Waals surface area contributed by atoms with Gasteiger partial charge >= 0.3 is 0 Å². The minimum absolute atomic E-state index is 0.429. The summed E-state index contributed by atoms with van der Waals surface area (Å²) in [6, 6.07) is 12.1. The number of anilines is 1. The number of nitrogens with zero attached hydrogens (tertiary/aromatic N) is 4. The second-order valence-corrected chi connectivity index (χ2v) is 6.08. The maximum atomic E-state index is 4.73. The van der Waals surface area contributed by atoms with Crippen molar-refractivity contribution in [3.05, 3.63) is 55.0 Å². The van der Waals surface area contributed by atoms with Crippen molar-refractivity contribution < 1.29 is 0 Å². The van der Waals surface area contributed by atoms with Crippen LogP contribution < -0.4 is 10.6 Å². The molecule has 0 bridgehead atoms. The molecular formula is C19H20N6. The van der Waals surface area contributed by atoms with E-state index in [0.717, 1.165) is 48.7 Å². The fourth-order valence-electron chi connectivity index (χ4n) is 2.97. The van der Waals surface area contributed by atoms with Crippen LogP contribution in [0, 0.1) is 0 Å². The number of pyridine rings is 2. The van der Waals surface area contributed by atoms with E-state index in [9.17, 15) is 0 Å².